The number of aryl methyl sites for hydroxylation is 2. The van der Waals surface area contributed by atoms with Crippen molar-refractivity contribution in [3.63, 3.8) is 0 Å². The van der Waals surface area contributed by atoms with Gasteiger partial charge in [0.2, 0.25) is 0 Å². The number of ether oxygens (including phenoxy) is 1. The van der Waals surface area contributed by atoms with E-state index in [1.165, 1.54) is 30.0 Å². The van der Waals surface area contributed by atoms with Gasteiger partial charge >= 0.3 is 0 Å². The van der Waals surface area contributed by atoms with Crippen LogP contribution < -0.4 is 10.5 Å². The van der Waals surface area contributed by atoms with Crippen LogP contribution in [0.25, 0.3) is 0 Å². The van der Waals surface area contributed by atoms with Crippen molar-refractivity contribution in [2.24, 2.45) is 5.73 Å². The minimum atomic E-state index is -0.373. The largest absolute Gasteiger partial charge is 0.454 e. The standard InChI is InChI=1S/C18H20FNO/c1-12(20)16-7-4-8-17(19)18(16)21-15-10-9-13-5-2-3-6-14(13)11-15/h4,7-12H,2-3,5-6,20H2,1H3/t12-/m1/s1. The lowest BCUT2D eigenvalue weighted by atomic mass is 9.92. The molecule has 110 valence electrons. The Morgan fingerprint density at radius 2 is 1.86 bits per heavy atom. The van der Waals surface area contributed by atoms with Gasteiger partial charge in [-0.25, -0.2) is 4.39 Å². The molecule has 2 aromatic carbocycles. The summed E-state index contributed by atoms with van der Waals surface area (Å²) in [5.74, 6) is 0.549. The lowest BCUT2D eigenvalue weighted by Gasteiger charge is -2.18. The highest BCUT2D eigenvalue weighted by atomic mass is 19.1. The fourth-order valence-corrected chi connectivity index (χ4v) is 2.88. The number of benzene rings is 2. The molecule has 0 saturated carbocycles. The first-order valence-corrected chi connectivity index (χ1v) is 7.49. The molecule has 0 radical (unpaired) electrons. The van der Waals surface area contributed by atoms with E-state index in [0.717, 1.165) is 12.8 Å². The number of nitrogens with two attached hydrogens (primary N) is 1. The number of rotatable bonds is 3. The molecular weight excluding hydrogens is 265 g/mol. The Labute approximate surface area is 124 Å². The Balaban J connectivity index is 1.94. The van der Waals surface area contributed by atoms with Crippen LogP contribution in [0.5, 0.6) is 11.5 Å². The van der Waals surface area contributed by atoms with E-state index >= 15 is 0 Å². The monoisotopic (exact) mass is 285 g/mol. The number of para-hydroxylation sites is 1. The highest BCUT2D eigenvalue weighted by molar-refractivity contribution is 5.43. The summed E-state index contributed by atoms with van der Waals surface area (Å²) in [5.41, 5.74) is 9.29. The molecule has 0 unspecified atom stereocenters. The number of fused-ring (bicyclic) bond motifs is 1. The van der Waals surface area contributed by atoms with Crippen molar-refractivity contribution in [1.82, 2.24) is 0 Å². The summed E-state index contributed by atoms with van der Waals surface area (Å²) in [6.45, 7) is 1.83. The SMILES string of the molecule is C[C@@H](N)c1cccc(F)c1Oc1ccc2c(c1)CCCC2. The zero-order chi connectivity index (χ0) is 14.8. The van der Waals surface area contributed by atoms with Crippen molar-refractivity contribution in [2.45, 2.75) is 38.6 Å². The molecule has 2 N–H and O–H groups in total. The van der Waals surface area contributed by atoms with Gasteiger partial charge in [-0.1, -0.05) is 18.2 Å². The second kappa shape index (κ2) is 5.86. The van der Waals surface area contributed by atoms with E-state index in [1.807, 2.05) is 25.1 Å². The summed E-state index contributed by atoms with van der Waals surface area (Å²) in [5, 5.41) is 0. The van der Waals surface area contributed by atoms with Crippen molar-refractivity contribution in [3.05, 3.63) is 58.9 Å². The van der Waals surface area contributed by atoms with E-state index in [1.54, 1.807) is 6.07 Å². The molecular formula is C18H20FNO. The summed E-state index contributed by atoms with van der Waals surface area (Å²) < 4.78 is 19.9. The molecule has 2 aromatic rings. The molecule has 1 aliphatic rings. The predicted octanol–water partition coefficient (Wildman–Crippen LogP) is 4.52. The van der Waals surface area contributed by atoms with Crippen molar-refractivity contribution in [2.75, 3.05) is 0 Å². The first-order valence-electron chi connectivity index (χ1n) is 7.49. The maximum atomic E-state index is 14.1. The fraction of sp³-hybridized carbons (Fsp3) is 0.333. The van der Waals surface area contributed by atoms with Crippen LogP contribution in [-0.2, 0) is 12.8 Å². The minimum Gasteiger partial charge on any atom is -0.454 e. The Morgan fingerprint density at radius 1 is 1.10 bits per heavy atom. The topological polar surface area (TPSA) is 35.2 Å². The van der Waals surface area contributed by atoms with Gasteiger partial charge in [-0.05, 0) is 61.9 Å². The third kappa shape index (κ3) is 2.93. The van der Waals surface area contributed by atoms with Crippen LogP contribution in [0.3, 0.4) is 0 Å². The molecule has 0 heterocycles. The molecule has 0 aliphatic heterocycles. The van der Waals surface area contributed by atoms with Crippen LogP contribution in [0.1, 0.15) is 42.5 Å². The summed E-state index contributed by atoms with van der Waals surface area (Å²) in [7, 11) is 0. The van der Waals surface area contributed by atoms with Gasteiger partial charge in [0, 0.05) is 11.6 Å². The first kappa shape index (κ1) is 14.1. The average molecular weight is 285 g/mol. The average Bonchev–Trinajstić information content (AvgIpc) is 2.49. The highest BCUT2D eigenvalue weighted by Gasteiger charge is 2.15. The molecule has 0 saturated heterocycles. The lowest BCUT2D eigenvalue weighted by molar-refractivity contribution is 0.431. The van der Waals surface area contributed by atoms with E-state index in [4.69, 9.17) is 10.5 Å². The third-order valence-electron chi connectivity index (χ3n) is 4.03. The summed E-state index contributed by atoms with van der Waals surface area (Å²) in [4.78, 5) is 0. The van der Waals surface area contributed by atoms with Gasteiger partial charge < -0.3 is 10.5 Å². The van der Waals surface area contributed by atoms with Crippen molar-refractivity contribution in [1.29, 1.82) is 0 Å². The van der Waals surface area contributed by atoms with Crippen LogP contribution in [0, 0.1) is 5.82 Å². The van der Waals surface area contributed by atoms with E-state index in [-0.39, 0.29) is 17.6 Å². The van der Waals surface area contributed by atoms with Gasteiger partial charge in [-0.2, -0.15) is 0 Å². The van der Waals surface area contributed by atoms with Gasteiger partial charge in [0.25, 0.3) is 0 Å². The van der Waals surface area contributed by atoms with Crippen LogP contribution in [0.15, 0.2) is 36.4 Å². The molecule has 0 spiro atoms. The van der Waals surface area contributed by atoms with Crippen molar-refractivity contribution < 1.29 is 9.13 Å². The second-order valence-corrected chi connectivity index (χ2v) is 5.69. The molecule has 1 atom stereocenters. The van der Waals surface area contributed by atoms with Gasteiger partial charge in [-0.15, -0.1) is 0 Å². The third-order valence-corrected chi connectivity index (χ3v) is 4.03. The molecule has 2 nitrogen and oxygen atoms in total. The Bertz CT molecular complexity index is 652. The molecule has 3 heteroatoms. The van der Waals surface area contributed by atoms with Gasteiger partial charge in [-0.3, -0.25) is 0 Å². The van der Waals surface area contributed by atoms with Crippen LogP contribution in [0.4, 0.5) is 4.39 Å². The maximum Gasteiger partial charge on any atom is 0.167 e. The van der Waals surface area contributed by atoms with Gasteiger partial charge in [0.1, 0.15) is 5.75 Å². The van der Waals surface area contributed by atoms with Gasteiger partial charge in [0.05, 0.1) is 0 Å². The van der Waals surface area contributed by atoms with Crippen LogP contribution in [-0.4, -0.2) is 0 Å². The lowest BCUT2D eigenvalue weighted by Crippen LogP contribution is -2.08. The minimum absolute atomic E-state index is 0.239. The smallest absolute Gasteiger partial charge is 0.167 e. The molecule has 0 aromatic heterocycles. The molecule has 21 heavy (non-hydrogen) atoms. The Hall–Kier alpha value is -1.87. The van der Waals surface area contributed by atoms with Crippen LogP contribution in [0.2, 0.25) is 0 Å². The normalized spacial score (nSPS) is 15.4. The Morgan fingerprint density at radius 3 is 2.62 bits per heavy atom. The number of halogens is 1. The Kier molecular flexibility index (Phi) is 3.93. The number of hydrogen-bond donors (Lipinski definition) is 1. The zero-order valence-corrected chi connectivity index (χ0v) is 12.2. The molecule has 3 rings (SSSR count). The molecule has 0 amide bonds. The molecule has 0 bridgehead atoms. The quantitative estimate of drug-likeness (QED) is 0.900. The van der Waals surface area contributed by atoms with E-state index in [2.05, 4.69) is 6.07 Å². The first-order chi connectivity index (χ1) is 10.1. The maximum absolute atomic E-state index is 14.1. The summed E-state index contributed by atoms with van der Waals surface area (Å²) in [6, 6.07) is 10.6. The fourth-order valence-electron chi connectivity index (χ4n) is 2.88. The molecule has 1 aliphatic carbocycles. The van der Waals surface area contributed by atoms with Crippen LogP contribution >= 0.6 is 0 Å². The van der Waals surface area contributed by atoms with Crippen molar-refractivity contribution >= 4 is 0 Å². The second-order valence-electron chi connectivity index (χ2n) is 5.69. The summed E-state index contributed by atoms with van der Waals surface area (Å²) >= 11 is 0. The number of hydrogen-bond acceptors (Lipinski definition) is 2. The predicted molar refractivity (Wildman–Crippen MR) is 82.2 cm³/mol. The van der Waals surface area contributed by atoms with Crippen molar-refractivity contribution in [3.8, 4) is 11.5 Å². The zero-order valence-electron chi connectivity index (χ0n) is 12.2. The summed E-state index contributed by atoms with van der Waals surface area (Å²) in [6.07, 6.45) is 4.65. The van der Waals surface area contributed by atoms with E-state index < -0.39 is 0 Å². The van der Waals surface area contributed by atoms with E-state index in [9.17, 15) is 4.39 Å². The molecule has 0 fully saturated rings. The van der Waals surface area contributed by atoms with E-state index in [0.29, 0.717) is 11.3 Å². The van der Waals surface area contributed by atoms with Gasteiger partial charge in [0.15, 0.2) is 11.6 Å². The highest BCUT2D eigenvalue weighted by Crippen LogP contribution is 2.33.